The summed E-state index contributed by atoms with van der Waals surface area (Å²) in [6.45, 7) is 7.80. The van der Waals surface area contributed by atoms with Crippen LogP contribution < -0.4 is 4.74 Å². The second-order valence-corrected chi connectivity index (χ2v) is 9.13. The van der Waals surface area contributed by atoms with E-state index in [0.29, 0.717) is 22.8 Å². The highest BCUT2D eigenvalue weighted by molar-refractivity contribution is 7.09. The molecule has 1 saturated heterocycles. The summed E-state index contributed by atoms with van der Waals surface area (Å²) < 4.78 is 11.6. The Kier molecular flexibility index (Phi) is 5.93. The van der Waals surface area contributed by atoms with Crippen molar-refractivity contribution < 1.29 is 23.8 Å². The van der Waals surface area contributed by atoms with Crippen LogP contribution in [0.1, 0.15) is 47.4 Å². The number of aliphatic hydroxyl groups is 1. The minimum atomic E-state index is -0.808. The molecule has 1 aromatic carbocycles. The maximum Gasteiger partial charge on any atom is 0.296 e. The molecule has 3 aromatic rings. The molecule has 1 amide bonds. The van der Waals surface area contributed by atoms with Crippen molar-refractivity contribution in [1.29, 1.82) is 0 Å². The van der Waals surface area contributed by atoms with Crippen LogP contribution in [0.4, 0.5) is 0 Å². The zero-order valence-electron chi connectivity index (χ0n) is 18.4. The third-order valence-electron chi connectivity index (χ3n) is 5.29. The molecule has 1 unspecified atom stereocenters. The average Bonchev–Trinajstić information content (AvgIpc) is 3.46. The summed E-state index contributed by atoms with van der Waals surface area (Å²) in [7, 11) is 0. The van der Waals surface area contributed by atoms with Crippen molar-refractivity contribution >= 4 is 28.8 Å². The average molecular weight is 452 g/mol. The van der Waals surface area contributed by atoms with E-state index >= 15 is 0 Å². The summed E-state index contributed by atoms with van der Waals surface area (Å²) in [5.41, 5.74) is 1.29. The van der Waals surface area contributed by atoms with Gasteiger partial charge in [0, 0.05) is 10.4 Å². The van der Waals surface area contributed by atoms with Crippen LogP contribution in [-0.2, 0) is 16.1 Å². The fraction of sp³-hybridized carbons (Fsp3) is 0.280. The van der Waals surface area contributed by atoms with Crippen LogP contribution in [-0.4, -0.2) is 27.8 Å². The van der Waals surface area contributed by atoms with E-state index in [1.54, 1.807) is 37.3 Å². The highest BCUT2D eigenvalue weighted by Crippen LogP contribution is 2.41. The Balaban J connectivity index is 1.81. The number of amides is 1. The molecule has 7 heteroatoms. The second kappa shape index (κ2) is 8.67. The lowest BCUT2D eigenvalue weighted by molar-refractivity contribution is -0.140. The predicted octanol–water partition coefficient (Wildman–Crippen LogP) is 5.37. The molecule has 0 saturated carbocycles. The number of rotatable bonds is 6. The highest BCUT2D eigenvalue weighted by Gasteiger charge is 2.47. The van der Waals surface area contributed by atoms with Crippen LogP contribution in [0.25, 0.3) is 5.76 Å². The van der Waals surface area contributed by atoms with Crippen LogP contribution in [0.15, 0.2) is 57.8 Å². The first-order valence-corrected chi connectivity index (χ1v) is 11.3. The van der Waals surface area contributed by atoms with Crippen molar-refractivity contribution in [2.24, 2.45) is 0 Å². The third kappa shape index (κ3) is 4.08. The van der Waals surface area contributed by atoms with Crippen LogP contribution in [0, 0.1) is 13.8 Å². The van der Waals surface area contributed by atoms with Crippen LogP contribution in [0.5, 0.6) is 5.75 Å². The smallest absolute Gasteiger partial charge is 0.296 e. The van der Waals surface area contributed by atoms with E-state index in [4.69, 9.17) is 9.15 Å². The van der Waals surface area contributed by atoms with Gasteiger partial charge in [-0.1, -0.05) is 6.07 Å². The van der Waals surface area contributed by atoms with Gasteiger partial charge in [0.25, 0.3) is 11.7 Å². The van der Waals surface area contributed by atoms with Crippen molar-refractivity contribution in [2.75, 3.05) is 0 Å². The van der Waals surface area contributed by atoms with E-state index in [2.05, 4.69) is 0 Å². The predicted molar refractivity (Wildman–Crippen MR) is 123 cm³/mol. The van der Waals surface area contributed by atoms with Crippen molar-refractivity contribution in [3.8, 4) is 5.75 Å². The Morgan fingerprint density at radius 3 is 2.56 bits per heavy atom. The van der Waals surface area contributed by atoms with E-state index in [9.17, 15) is 14.7 Å². The Labute approximate surface area is 190 Å². The first kappa shape index (κ1) is 21.9. The van der Waals surface area contributed by atoms with E-state index in [1.165, 1.54) is 16.2 Å². The lowest BCUT2D eigenvalue weighted by atomic mass is 9.98. The van der Waals surface area contributed by atoms with Gasteiger partial charge < -0.3 is 19.2 Å². The summed E-state index contributed by atoms with van der Waals surface area (Å²) in [6.07, 6.45) is 0.0120. The van der Waals surface area contributed by atoms with Gasteiger partial charge in [-0.25, -0.2) is 0 Å². The zero-order valence-corrected chi connectivity index (χ0v) is 19.2. The molecule has 0 aliphatic carbocycles. The van der Waals surface area contributed by atoms with Crippen molar-refractivity contribution in [2.45, 2.75) is 46.4 Å². The maximum absolute atomic E-state index is 13.1. The number of likely N-dealkylation sites (tertiary alicyclic amines) is 1. The minimum absolute atomic E-state index is 0.0120. The number of carbonyl (C=O) groups is 2. The van der Waals surface area contributed by atoms with Gasteiger partial charge in [-0.2, -0.15) is 0 Å². The van der Waals surface area contributed by atoms with Crippen LogP contribution in [0.3, 0.4) is 0 Å². The molecule has 4 rings (SSSR count). The number of aliphatic hydroxyl groups excluding tert-OH is 1. The first-order valence-electron chi connectivity index (χ1n) is 10.4. The first-order chi connectivity index (χ1) is 15.3. The fourth-order valence-corrected chi connectivity index (χ4v) is 4.55. The van der Waals surface area contributed by atoms with Crippen LogP contribution in [0.2, 0.25) is 0 Å². The van der Waals surface area contributed by atoms with Gasteiger partial charge in [-0.15, -0.1) is 11.3 Å². The molecule has 2 aromatic heterocycles. The monoisotopic (exact) mass is 451 g/mol. The molecule has 166 valence electrons. The third-order valence-corrected chi connectivity index (χ3v) is 6.15. The molecule has 32 heavy (non-hydrogen) atoms. The van der Waals surface area contributed by atoms with Crippen molar-refractivity contribution in [1.82, 2.24) is 4.90 Å². The molecule has 0 radical (unpaired) electrons. The summed E-state index contributed by atoms with van der Waals surface area (Å²) in [5, 5.41) is 13.1. The van der Waals surface area contributed by atoms with E-state index in [0.717, 1.165) is 10.4 Å². The molecule has 1 N–H and O–H groups in total. The molecular weight excluding hydrogens is 426 g/mol. The van der Waals surface area contributed by atoms with Gasteiger partial charge in [0.05, 0.1) is 18.2 Å². The van der Waals surface area contributed by atoms with Gasteiger partial charge in [0.15, 0.2) is 0 Å². The number of aryl methyl sites for hydroxylation is 2. The fourth-order valence-electron chi connectivity index (χ4n) is 3.85. The summed E-state index contributed by atoms with van der Waals surface area (Å²) >= 11 is 1.50. The van der Waals surface area contributed by atoms with Gasteiger partial charge in [0.2, 0.25) is 0 Å². The summed E-state index contributed by atoms with van der Waals surface area (Å²) in [4.78, 5) is 28.5. The number of thiophene rings is 1. The molecule has 1 atom stereocenters. The largest absolute Gasteiger partial charge is 0.507 e. The lowest BCUT2D eigenvalue weighted by Crippen LogP contribution is -2.28. The molecule has 0 bridgehead atoms. The Hall–Kier alpha value is -3.32. The molecule has 1 aliphatic rings. The number of hydrogen-bond donors (Lipinski definition) is 1. The number of furan rings is 1. The molecular formula is C25H25NO5S. The molecule has 0 spiro atoms. The quantitative estimate of drug-likeness (QED) is 0.310. The normalized spacial score (nSPS) is 18.0. The Bertz CT molecular complexity index is 1190. The molecule has 1 aliphatic heterocycles. The summed E-state index contributed by atoms with van der Waals surface area (Å²) in [6, 6.07) is 11.7. The maximum atomic E-state index is 13.1. The lowest BCUT2D eigenvalue weighted by Gasteiger charge is -2.22. The van der Waals surface area contributed by atoms with Crippen molar-refractivity contribution in [3.05, 3.63) is 80.9 Å². The number of benzene rings is 1. The van der Waals surface area contributed by atoms with Gasteiger partial charge in [0.1, 0.15) is 29.1 Å². The van der Waals surface area contributed by atoms with E-state index in [-0.39, 0.29) is 24.0 Å². The van der Waals surface area contributed by atoms with E-state index in [1.807, 2.05) is 38.3 Å². The molecule has 3 heterocycles. The number of ether oxygens (including phenoxy) is 1. The van der Waals surface area contributed by atoms with E-state index < -0.39 is 17.7 Å². The Morgan fingerprint density at radius 2 is 1.97 bits per heavy atom. The minimum Gasteiger partial charge on any atom is -0.507 e. The topological polar surface area (TPSA) is 80.0 Å². The molecule has 6 nitrogen and oxygen atoms in total. The van der Waals surface area contributed by atoms with Gasteiger partial charge >= 0.3 is 0 Å². The summed E-state index contributed by atoms with van der Waals surface area (Å²) in [5.74, 6) is 0.195. The van der Waals surface area contributed by atoms with Crippen LogP contribution >= 0.6 is 11.3 Å². The second-order valence-electron chi connectivity index (χ2n) is 8.10. The number of carbonyl (C=O) groups excluding carboxylic acids is 2. The standard InChI is InChI=1S/C25H25NO5S/c1-14(2)30-19-10-8-17(12-15(19)3)23(27)21-22(20-9-7-16(4)31-20)26(25(29)24(21)28)13-18-6-5-11-32-18/h5-12,14,22,27H,13H2,1-4H3/b23-21-. The van der Waals surface area contributed by atoms with Gasteiger partial charge in [-0.05, 0) is 75.0 Å². The Morgan fingerprint density at radius 1 is 1.19 bits per heavy atom. The zero-order chi connectivity index (χ0) is 23.0. The number of ketones is 1. The molecule has 1 fully saturated rings. The number of hydrogen-bond acceptors (Lipinski definition) is 6. The number of nitrogens with zero attached hydrogens (tertiary/aromatic N) is 1. The van der Waals surface area contributed by atoms with Crippen molar-refractivity contribution in [3.63, 3.8) is 0 Å². The highest BCUT2D eigenvalue weighted by atomic mass is 32.1. The SMILES string of the molecule is Cc1ccc(C2/C(=C(/O)c3ccc(OC(C)C)c(C)c3)C(=O)C(=O)N2Cc2cccs2)o1. The van der Waals surface area contributed by atoms with Gasteiger partial charge in [-0.3, -0.25) is 9.59 Å². The number of Topliss-reactive ketones (excluding diaryl/α,β-unsaturated/α-hetero) is 1.